The summed E-state index contributed by atoms with van der Waals surface area (Å²) in [6.45, 7) is 4.11. The molecule has 3 aromatic carbocycles. The zero-order chi connectivity index (χ0) is 28.4. The smallest absolute Gasteiger partial charge is 0.416 e. The molecular formula is C29H29F3N4O3. The highest BCUT2D eigenvalue weighted by Crippen LogP contribution is 2.38. The fraction of sp³-hybridized carbons (Fsp3) is 0.276. The van der Waals surface area contributed by atoms with Crippen molar-refractivity contribution in [3.63, 3.8) is 0 Å². The number of halogens is 3. The number of benzene rings is 3. The molecule has 7 nitrogen and oxygen atoms in total. The molecule has 0 spiro atoms. The van der Waals surface area contributed by atoms with Gasteiger partial charge in [-0.15, -0.1) is 4.99 Å². The van der Waals surface area contributed by atoms with Gasteiger partial charge in [-0.3, -0.25) is 4.79 Å². The molecule has 0 aliphatic heterocycles. The number of para-hydroxylation sites is 1. The van der Waals surface area contributed by atoms with Gasteiger partial charge in [0.1, 0.15) is 5.75 Å². The number of nitrogens with zero attached hydrogens (tertiary/aromatic N) is 3. The average molecular weight is 539 g/mol. The molecule has 0 atom stereocenters. The Morgan fingerprint density at radius 2 is 1.79 bits per heavy atom. The Morgan fingerprint density at radius 3 is 2.41 bits per heavy atom. The Kier molecular flexibility index (Phi) is 9.92. The zero-order valence-corrected chi connectivity index (χ0v) is 21.9. The first kappa shape index (κ1) is 29.0. The van der Waals surface area contributed by atoms with E-state index in [9.17, 15) is 23.2 Å². The normalized spacial score (nSPS) is 11.5. The van der Waals surface area contributed by atoms with E-state index in [0.717, 1.165) is 12.1 Å². The SMILES string of the molecule is CCOC(=O)Cc1ccc(OC)c(-c2ccc(C(F)(F)F)cc2CN(CC)/C(=N/C#N)Nc2ccccc2)c1. The van der Waals surface area contributed by atoms with E-state index in [-0.39, 0.29) is 25.5 Å². The number of aliphatic imine (C=N–C) groups is 1. The van der Waals surface area contributed by atoms with Crippen molar-refractivity contribution in [1.29, 1.82) is 5.26 Å². The lowest BCUT2D eigenvalue weighted by molar-refractivity contribution is -0.142. The summed E-state index contributed by atoms with van der Waals surface area (Å²) in [5.41, 5.74) is 1.82. The van der Waals surface area contributed by atoms with Gasteiger partial charge >= 0.3 is 12.1 Å². The Morgan fingerprint density at radius 1 is 1.05 bits per heavy atom. The van der Waals surface area contributed by atoms with Crippen LogP contribution >= 0.6 is 0 Å². The predicted octanol–water partition coefficient (Wildman–Crippen LogP) is 6.26. The van der Waals surface area contributed by atoms with Gasteiger partial charge < -0.3 is 19.7 Å². The van der Waals surface area contributed by atoms with Crippen molar-refractivity contribution in [2.45, 2.75) is 33.0 Å². The molecule has 0 saturated heterocycles. The molecule has 204 valence electrons. The maximum atomic E-state index is 13.7. The third-order valence-electron chi connectivity index (χ3n) is 5.87. The minimum atomic E-state index is -4.56. The van der Waals surface area contributed by atoms with E-state index in [1.165, 1.54) is 13.2 Å². The summed E-state index contributed by atoms with van der Waals surface area (Å²) in [5, 5.41) is 12.4. The second-order valence-electron chi connectivity index (χ2n) is 8.43. The van der Waals surface area contributed by atoms with E-state index in [0.29, 0.717) is 40.2 Å². The van der Waals surface area contributed by atoms with Gasteiger partial charge in [-0.25, -0.2) is 0 Å². The van der Waals surface area contributed by atoms with Crippen LogP contribution in [-0.2, 0) is 28.7 Å². The summed E-state index contributed by atoms with van der Waals surface area (Å²) in [5.74, 6) is 0.209. The van der Waals surface area contributed by atoms with Gasteiger partial charge in [0.15, 0.2) is 0 Å². The topological polar surface area (TPSA) is 87.0 Å². The first-order valence-corrected chi connectivity index (χ1v) is 12.3. The summed E-state index contributed by atoms with van der Waals surface area (Å²) < 4.78 is 51.8. The largest absolute Gasteiger partial charge is 0.496 e. The van der Waals surface area contributed by atoms with Gasteiger partial charge in [0.2, 0.25) is 12.2 Å². The Bertz CT molecular complexity index is 1350. The van der Waals surface area contributed by atoms with E-state index < -0.39 is 17.7 Å². The zero-order valence-electron chi connectivity index (χ0n) is 21.9. The van der Waals surface area contributed by atoms with Gasteiger partial charge in [-0.2, -0.15) is 18.4 Å². The molecule has 0 aromatic heterocycles. The molecule has 0 fully saturated rings. The number of carbonyl (C=O) groups is 1. The van der Waals surface area contributed by atoms with Crippen molar-refractivity contribution in [2.24, 2.45) is 4.99 Å². The molecule has 3 aromatic rings. The highest BCUT2D eigenvalue weighted by molar-refractivity contribution is 5.94. The maximum Gasteiger partial charge on any atom is 0.416 e. The van der Waals surface area contributed by atoms with E-state index in [4.69, 9.17) is 9.47 Å². The maximum absolute atomic E-state index is 13.7. The number of carbonyl (C=O) groups excluding carboxylic acids is 1. The van der Waals surface area contributed by atoms with Crippen LogP contribution in [0.5, 0.6) is 5.75 Å². The Balaban J connectivity index is 2.10. The van der Waals surface area contributed by atoms with Crippen LogP contribution in [0.25, 0.3) is 11.1 Å². The number of anilines is 1. The Labute approximate surface area is 225 Å². The molecular weight excluding hydrogens is 509 g/mol. The summed E-state index contributed by atoms with van der Waals surface area (Å²) in [6.07, 6.45) is -2.80. The fourth-order valence-corrected chi connectivity index (χ4v) is 4.04. The molecule has 3 rings (SSSR count). The lowest BCUT2D eigenvalue weighted by Gasteiger charge is -2.26. The van der Waals surface area contributed by atoms with E-state index in [1.54, 1.807) is 48.3 Å². The van der Waals surface area contributed by atoms with Gasteiger partial charge in [0.05, 0.1) is 25.7 Å². The van der Waals surface area contributed by atoms with Gasteiger partial charge in [-0.1, -0.05) is 30.3 Å². The standard InChI is InChI=1S/C29H29F3N4O3/c1-4-36(28(34-19-33)35-23-9-7-6-8-10-23)18-21-17-22(29(30,31)32)12-13-24(21)25-15-20(11-14-26(25)38-3)16-27(37)39-5-2/h6-15,17H,4-5,16,18H2,1-3H3,(H,34,35). The number of hydrogen-bond acceptors (Lipinski definition) is 5. The van der Waals surface area contributed by atoms with Crippen molar-refractivity contribution < 1.29 is 27.4 Å². The van der Waals surface area contributed by atoms with Crippen LogP contribution < -0.4 is 10.1 Å². The highest BCUT2D eigenvalue weighted by Gasteiger charge is 2.31. The minimum absolute atomic E-state index is 0.00135. The number of alkyl halides is 3. The molecule has 0 saturated carbocycles. The average Bonchev–Trinajstić information content (AvgIpc) is 2.91. The van der Waals surface area contributed by atoms with Gasteiger partial charge in [0.25, 0.3) is 0 Å². The Hall–Kier alpha value is -4.52. The molecule has 0 aliphatic rings. The quantitative estimate of drug-likeness (QED) is 0.150. The number of guanidine groups is 1. The number of esters is 1. The lowest BCUT2D eigenvalue weighted by Crippen LogP contribution is -2.36. The second-order valence-corrected chi connectivity index (χ2v) is 8.43. The molecule has 0 unspecified atom stereocenters. The monoisotopic (exact) mass is 538 g/mol. The molecule has 0 heterocycles. The van der Waals surface area contributed by atoms with E-state index in [2.05, 4.69) is 10.3 Å². The molecule has 39 heavy (non-hydrogen) atoms. The first-order valence-electron chi connectivity index (χ1n) is 12.3. The summed E-state index contributed by atoms with van der Waals surface area (Å²) in [7, 11) is 1.47. The number of ether oxygens (including phenoxy) is 2. The highest BCUT2D eigenvalue weighted by atomic mass is 19.4. The number of methoxy groups -OCH3 is 1. The van der Waals surface area contributed by atoms with Crippen LogP contribution in [0.3, 0.4) is 0 Å². The van der Waals surface area contributed by atoms with E-state index >= 15 is 0 Å². The molecule has 0 bridgehead atoms. The van der Waals surface area contributed by atoms with Crippen LogP contribution in [0.2, 0.25) is 0 Å². The third kappa shape index (κ3) is 7.74. The van der Waals surface area contributed by atoms with E-state index in [1.807, 2.05) is 25.1 Å². The minimum Gasteiger partial charge on any atom is -0.496 e. The second kappa shape index (κ2) is 13.3. The van der Waals surface area contributed by atoms with Crippen LogP contribution in [0.1, 0.15) is 30.5 Å². The molecule has 10 heteroatoms. The predicted molar refractivity (Wildman–Crippen MR) is 143 cm³/mol. The van der Waals surface area contributed by atoms with Crippen LogP contribution in [-0.4, -0.2) is 37.1 Å². The van der Waals surface area contributed by atoms with Crippen LogP contribution in [0, 0.1) is 11.5 Å². The molecule has 0 amide bonds. The van der Waals surface area contributed by atoms with Crippen molar-refractivity contribution in [2.75, 3.05) is 25.6 Å². The fourth-order valence-electron chi connectivity index (χ4n) is 4.04. The number of nitriles is 1. The molecule has 1 N–H and O–H groups in total. The third-order valence-corrected chi connectivity index (χ3v) is 5.87. The molecule has 0 aliphatic carbocycles. The van der Waals surface area contributed by atoms with Crippen LogP contribution in [0.15, 0.2) is 71.7 Å². The summed E-state index contributed by atoms with van der Waals surface area (Å²) >= 11 is 0. The van der Waals surface area contributed by atoms with Gasteiger partial charge in [0, 0.05) is 24.3 Å². The van der Waals surface area contributed by atoms with Gasteiger partial charge in [-0.05, 0) is 66.9 Å². The summed E-state index contributed by atoms with van der Waals surface area (Å²) in [4.78, 5) is 17.6. The molecule has 0 radical (unpaired) electrons. The van der Waals surface area contributed by atoms with Crippen LogP contribution in [0.4, 0.5) is 18.9 Å². The number of nitrogens with one attached hydrogen (secondary N) is 1. The van der Waals surface area contributed by atoms with Crippen molar-refractivity contribution in [1.82, 2.24) is 4.90 Å². The van der Waals surface area contributed by atoms with Crippen molar-refractivity contribution >= 4 is 17.6 Å². The first-order chi connectivity index (χ1) is 18.7. The lowest BCUT2D eigenvalue weighted by atomic mass is 9.94. The number of rotatable bonds is 9. The number of hydrogen-bond donors (Lipinski definition) is 1. The summed E-state index contributed by atoms with van der Waals surface area (Å²) in [6, 6.07) is 17.6. The van der Waals surface area contributed by atoms with Crippen molar-refractivity contribution in [3.8, 4) is 23.1 Å². The van der Waals surface area contributed by atoms with Crippen molar-refractivity contribution in [3.05, 3.63) is 83.4 Å².